The predicted octanol–water partition coefficient (Wildman–Crippen LogP) is 3.05. The maximum Gasteiger partial charge on any atom is 0.303 e. The molecule has 0 aromatic heterocycles. The maximum absolute atomic E-state index is 10.4. The number of hydrogen-bond donors (Lipinski definition) is 2. The molecule has 3 heteroatoms. The van der Waals surface area contributed by atoms with Crippen LogP contribution in [0.15, 0.2) is 0 Å². The van der Waals surface area contributed by atoms with Crippen LogP contribution in [0.4, 0.5) is 0 Å². The highest BCUT2D eigenvalue weighted by Crippen LogP contribution is 2.37. The summed E-state index contributed by atoms with van der Waals surface area (Å²) in [6, 6.07) is 0. The zero-order valence-electron chi connectivity index (χ0n) is 11.3. The van der Waals surface area contributed by atoms with E-state index < -0.39 is 5.97 Å². The summed E-state index contributed by atoms with van der Waals surface area (Å²) in [7, 11) is 0. The fraction of sp³-hybridized carbons (Fsp3) is 0.929. The molecule has 1 rings (SSSR count). The molecule has 0 aromatic rings. The quantitative estimate of drug-likeness (QED) is 0.674. The minimum Gasteiger partial charge on any atom is -0.481 e. The molecule has 0 radical (unpaired) electrons. The monoisotopic (exact) mass is 241 g/mol. The summed E-state index contributed by atoms with van der Waals surface area (Å²) >= 11 is 0. The van der Waals surface area contributed by atoms with Crippen LogP contribution < -0.4 is 5.32 Å². The zero-order valence-corrected chi connectivity index (χ0v) is 11.3. The molecule has 17 heavy (non-hydrogen) atoms. The third-order valence-corrected chi connectivity index (χ3v) is 4.04. The third-order valence-electron chi connectivity index (χ3n) is 4.04. The van der Waals surface area contributed by atoms with Gasteiger partial charge in [-0.15, -0.1) is 0 Å². The number of carboxylic acid groups (broad SMARTS) is 1. The molecule has 1 fully saturated rings. The van der Waals surface area contributed by atoms with Gasteiger partial charge < -0.3 is 10.4 Å². The molecule has 1 saturated carbocycles. The molecule has 2 N–H and O–H groups in total. The number of hydrogen-bond acceptors (Lipinski definition) is 2. The standard InChI is InChI=1S/C14H27NO2/c1-14(2,12-7-4-3-5-8-12)11-15-10-6-9-13(16)17/h12,15H,3-11H2,1-2H3,(H,16,17). The zero-order chi connectivity index (χ0) is 12.7. The van der Waals surface area contributed by atoms with Crippen LogP contribution >= 0.6 is 0 Å². The highest BCUT2D eigenvalue weighted by atomic mass is 16.4. The molecule has 0 bridgehead atoms. The first-order chi connectivity index (χ1) is 8.02. The minimum atomic E-state index is -0.696. The topological polar surface area (TPSA) is 49.3 Å². The first-order valence-corrected chi connectivity index (χ1v) is 6.95. The van der Waals surface area contributed by atoms with E-state index in [1.54, 1.807) is 0 Å². The van der Waals surface area contributed by atoms with Crippen molar-refractivity contribution in [1.29, 1.82) is 0 Å². The molecular weight excluding hydrogens is 214 g/mol. The molecular formula is C14H27NO2. The Bertz CT molecular complexity index is 232. The van der Waals surface area contributed by atoms with E-state index in [2.05, 4.69) is 19.2 Å². The van der Waals surface area contributed by atoms with Crippen LogP contribution in [0, 0.1) is 11.3 Å². The lowest BCUT2D eigenvalue weighted by molar-refractivity contribution is -0.137. The summed E-state index contributed by atoms with van der Waals surface area (Å²) in [6.45, 7) is 6.51. The van der Waals surface area contributed by atoms with Crippen molar-refractivity contribution in [2.75, 3.05) is 13.1 Å². The second kappa shape index (κ2) is 7.00. The predicted molar refractivity (Wildman–Crippen MR) is 70.1 cm³/mol. The Morgan fingerprint density at radius 3 is 2.53 bits per heavy atom. The number of carboxylic acids is 1. The van der Waals surface area contributed by atoms with Gasteiger partial charge in [-0.2, -0.15) is 0 Å². The lowest BCUT2D eigenvalue weighted by atomic mass is 9.71. The molecule has 0 saturated heterocycles. The fourth-order valence-electron chi connectivity index (χ4n) is 2.80. The van der Waals surface area contributed by atoms with Gasteiger partial charge in [-0.25, -0.2) is 0 Å². The second-order valence-electron chi connectivity index (χ2n) is 6.00. The van der Waals surface area contributed by atoms with Crippen molar-refractivity contribution in [2.24, 2.45) is 11.3 Å². The van der Waals surface area contributed by atoms with Gasteiger partial charge in [-0.05, 0) is 37.1 Å². The van der Waals surface area contributed by atoms with E-state index >= 15 is 0 Å². The van der Waals surface area contributed by atoms with Gasteiger partial charge in [0.2, 0.25) is 0 Å². The molecule has 100 valence electrons. The molecule has 0 aliphatic heterocycles. The molecule has 0 atom stereocenters. The van der Waals surface area contributed by atoms with Gasteiger partial charge in [0.15, 0.2) is 0 Å². The SMILES string of the molecule is CC(C)(CNCCCC(=O)O)C1CCCCC1. The van der Waals surface area contributed by atoms with Gasteiger partial charge in [0.25, 0.3) is 0 Å². The van der Waals surface area contributed by atoms with Gasteiger partial charge in [0.1, 0.15) is 0 Å². The highest BCUT2D eigenvalue weighted by molar-refractivity contribution is 5.66. The van der Waals surface area contributed by atoms with E-state index in [0.717, 1.165) is 25.4 Å². The lowest BCUT2D eigenvalue weighted by Crippen LogP contribution is -2.37. The van der Waals surface area contributed by atoms with Gasteiger partial charge in [0, 0.05) is 13.0 Å². The number of nitrogens with one attached hydrogen (secondary N) is 1. The summed E-state index contributed by atoms with van der Waals surface area (Å²) in [5.41, 5.74) is 0.351. The lowest BCUT2D eigenvalue weighted by Gasteiger charge is -2.37. The first-order valence-electron chi connectivity index (χ1n) is 6.95. The van der Waals surface area contributed by atoms with Crippen molar-refractivity contribution in [3.63, 3.8) is 0 Å². The minimum absolute atomic E-state index is 0.275. The average Bonchev–Trinajstić information content (AvgIpc) is 2.29. The Hall–Kier alpha value is -0.570. The van der Waals surface area contributed by atoms with Crippen LogP contribution in [0.1, 0.15) is 58.8 Å². The maximum atomic E-state index is 10.4. The van der Waals surface area contributed by atoms with Crippen LogP contribution in [0.3, 0.4) is 0 Å². The van der Waals surface area contributed by atoms with Gasteiger partial charge >= 0.3 is 5.97 Å². The van der Waals surface area contributed by atoms with Crippen molar-refractivity contribution < 1.29 is 9.90 Å². The molecule has 0 unspecified atom stereocenters. The van der Waals surface area contributed by atoms with Crippen LogP contribution in [0.25, 0.3) is 0 Å². The summed E-state index contributed by atoms with van der Waals surface area (Å²) in [5.74, 6) is 0.140. The number of carbonyl (C=O) groups is 1. The number of rotatable bonds is 7. The molecule has 0 aromatic carbocycles. The van der Waals surface area contributed by atoms with Crippen molar-refractivity contribution >= 4 is 5.97 Å². The Morgan fingerprint density at radius 1 is 1.29 bits per heavy atom. The van der Waals surface area contributed by atoms with Gasteiger partial charge in [-0.1, -0.05) is 33.1 Å². The number of aliphatic carboxylic acids is 1. The van der Waals surface area contributed by atoms with E-state index in [9.17, 15) is 4.79 Å². The van der Waals surface area contributed by atoms with Crippen LogP contribution in [0.5, 0.6) is 0 Å². The highest BCUT2D eigenvalue weighted by Gasteiger charge is 2.29. The molecule has 0 heterocycles. The Kier molecular flexibility index (Phi) is 5.96. The van der Waals surface area contributed by atoms with Crippen LogP contribution in [-0.4, -0.2) is 24.2 Å². The average molecular weight is 241 g/mol. The summed E-state index contributed by atoms with van der Waals surface area (Å²) in [5, 5.41) is 12.0. The molecule has 1 aliphatic rings. The Morgan fingerprint density at radius 2 is 1.94 bits per heavy atom. The van der Waals surface area contributed by atoms with E-state index in [-0.39, 0.29) is 6.42 Å². The van der Waals surface area contributed by atoms with Crippen molar-refractivity contribution in [2.45, 2.75) is 58.8 Å². The fourth-order valence-corrected chi connectivity index (χ4v) is 2.80. The first kappa shape index (κ1) is 14.5. The normalized spacial score (nSPS) is 18.2. The van der Waals surface area contributed by atoms with E-state index in [0.29, 0.717) is 5.41 Å². The van der Waals surface area contributed by atoms with Crippen molar-refractivity contribution in [3.05, 3.63) is 0 Å². The Labute approximate surface area is 105 Å². The van der Waals surface area contributed by atoms with Crippen molar-refractivity contribution in [1.82, 2.24) is 5.32 Å². The van der Waals surface area contributed by atoms with Gasteiger partial charge in [-0.3, -0.25) is 4.79 Å². The van der Waals surface area contributed by atoms with Gasteiger partial charge in [0.05, 0.1) is 0 Å². The Balaban J connectivity index is 2.17. The largest absolute Gasteiger partial charge is 0.481 e. The summed E-state index contributed by atoms with van der Waals surface area (Å²) in [6.07, 6.45) is 7.90. The smallest absolute Gasteiger partial charge is 0.303 e. The molecule has 1 aliphatic carbocycles. The third kappa shape index (κ3) is 5.53. The summed E-state index contributed by atoms with van der Waals surface area (Å²) in [4.78, 5) is 10.4. The molecule has 0 amide bonds. The van der Waals surface area contributed by atoms with E-state index in [1.165, 1.54) is 32.1 Å². The van der Waals surface area contributed by atoms with E-state index in [4.69, 9.17) is 5.11 Å². The van der Waals surface area contributed by atoms with Crippen molar-refractivity contribution in [3.8, 4) is 0 Å². The van der Waals surface area contributed by atoms with E-state index in [1.807, 2.05) is 0 Å². The second-order valence-corrected chi connectivity index (χ2v) is 6.00. The summed E-state index contributed by atoms with van der Waals surface area (Å²) < 4.78 is 0. The van der Waals surface area contributed by atoms with Crippen LogP contribution in [-0.2, 0) is 4.79 Å². The van der Waals surface area contributed by atoms with Crippen LogP contribution in [0.2, 0.25) is 0 Å². The molecule has 0 spiro atoms. The molecule has 3 nitrogen and oxygen atoms in total.